The molecule has 1 aromatic carbocycles. The Kier molecular flexibility index (Phi) is 4.74. The van der Waals surface area contributed by atoms with Gasteiger partial charge in [-0.05, 0) is 39.8 Å². The van der Waals surface area contributed by atoms with Crippen LogP contribution in [0.3, 0.4) is 0 Å². The maximum absolute atomic E-state index is 14.0. The fourth-order valence-electron chi connectivity index (χ4n) is 1.73. The van der Waals surface area contributed by atoms with Crippen LogP contribution < -0.4 is 0 Å². The maximum atomic E-state index is 14.0. The number of rotatable bonds is 4. The Labute approximate surface area is 120 Å². The Morgan fingerprint density at radius 1 is 1.42 bits per heavy atom. The van der Waals surface area contributed by atoms with Crippen LogP contribution in [0.4, 0.5) is 4.39 Å². The molecule has 0 bridgehead atoms. The largest absolute Gasteiger partial charge is 0.465 e. The van der Waals surface area contributed by atoms with Crippen molar-refractivity contribution in [1.29, 1.82) is 0 Å². The first-order valence-electron chi connectivity index (χ1n) is 5.99. The van der Waals surface area contributed by atoms with E-state index in [1.165, 1.54) is 32.9 Å². The van der Waals surface area contributed by atoms with Crippen molar-refractivity contribution in [1.82, 2.24) is 0 Å². The summed E-state index contributed by atoms with van der Waals surface area (Å²) in [6, 6.07) is 4.33. The van der Waals surface area contributed by atoms with Gasteiger partial charge in [0, 0.05) is 10.0 Å². The van der Waals surface area contributed by atoms with E-state index >= 15 is 0 Å². The Bertz CT molecular complexity index is 484. The third kappa shape index (κ3) is 2.98. The number of ether oxygens (including phenoxy) is 1. The van der Waals surface area contributed by atoms with Crippen molar-refractivity contribution in [3.05, 3.63) is 34.1 Å². The Balaban J connectivity index is 3.25. The topological polar surface area (TPSA) is 46.5 Å². The molecule has 0 spiro atoms. The van der Waals surface area contributed by atoms with Crippen LogP contribution in [0.5, 0.6) is 0 Å². The van der Waals surface area contributed by atoms with Crippen LogP contribution in [0.25, 0.3) is 0 Å². The van der Waals surface area contributed by atoms with Gasteiger partial charge >= 0.3 is 5.97 Å². The summed E-state index contributed by atoms with van der Waals surface area (Å²) in [7, 11) is 0. The number of halogens is 2. The van der Waals surface area contributed by atoms with E-state index < -0.39 is 22.8 Å². The van der Waals surface area contributed by atoms with Crippen molar-refractivity contribution in [3.63, 3.8) is 0 Å². The van der Waals surface area contributed by atoms with Gasteiger partial charge in [-0.25, -0.2) is 4.39 Å². The van der Waals surface area contributed by atoms with Crippen molar-refractivity contribution in [2.24, 2.45) is 5.41 Å². The molecule has 0 saturated heterocycles. The molecule has 0 aliphatic rings. The van der Waals surface area contributed by atoms with Gasteiger partial charge in [0.15, 0.2) is 0 Å². The Hall–Kier alpha value is -0.940. The molecule has 1 atom stereocenters. The molecule has 0 radical (unpaired) electrons. The zero-order valence-electron chi connectivity index (χ0n) is 11.5. The van der Waals surface area contributed by atoms with E-state index in [1.807, 2.05) is 0 Å². The quantitative estimate of drug-likeness (QED) is 0.859. The van der Waals surface area contributed by atoms with Gasteiger partial charge in [-0.3, -0.25) is 4.79 Å². The summed E-state index contributed by atoms with van der Waals surface area (Å²) in [5, 5.41) is 10.6. The van der Waals surface area contributed by atoms with Gasteiger partial charge in [0.25, 0.3) is 0 Å². The summed E-state index contributed by atoms with van der Waals surface area (Å²) in [5.74, 6) is -1.14. The summed E-state index contributed by atoms with van der Waals surface area (Å²) in [4.78, 5) is 11.9. The number of esters is 1. The highest BCUT2D eigenvalue weighted by molar-refractivity contribution is 9.10. The molecule has 19 heavy (non-hydrogen) atoms. The van der Waals surface area contributed by atoms with Gasteiger partial charge in [-0.1, -0.05) is 22.0 Å². The van der Waals surface area contributed by atoms with Gasteiger partial charge < -0.3 is 9.84 Å². The fourth-order valence-corrected chi connectivity index (χ4v) is 2.06. The minimum atomic E-state index is -1.68. The summed E-state index contributed by atoms with van der Waals surface area (Å²) in [5.41, 5.74) is -2.88. The molecule has 0 aliphatic carbocycles. The summed E-state index contributed by atoms with van der Waals surface area (Å²) in [6.45, 7) is 6.37. The second-order valence-electron chi connectivity index (χ2n) is 5.04. The zero-order chi connectivity index (χ0) is 14.8. The van der Waals surface area contributed by atoms with Gasteiger partial charge in [0.05, 0.1) is 12.0 Å². The molecule has 1 aromatic rings. The summed E-state index contributed by atoms with van der Waals surface area (Å²) < 4.78 is 19.5. The van der Waals surface area contributed by atoms with Gasteiger partial charge in [-0.2, -0.15) is 0 Å². The van der Waals surface area contributed by atoms with E-state index in [-0.39, 0.29) is 12.2 Å². The lowest BCUT2D eigenvalue weighted by Gasteiger charge is -2.38. The molecule has 0 fully saturated rings. The number of carbonyl (C=O) groups excluding carboxylic acids is 1. The van der Waals surface area contributed by atoms with Crippen LogP contribution in [-0.2, 0) is 15.1 Å². The normalized spacial score (nSPS) is 14.9. The molecule has 1 N–H and O–H groups in total. The monoisotopic (exact) mass is 332 g/mol. The molecule has 0 saturated carbocycles. The first kappa shape index (κ1) is 16.1. The van der Waals surface area contributed by atoms with E-state index in [0.29, 0.717) is 4.47 Å². The van der Waals surface area contributed by atoms with Crippen molar-refractivity contribution in [2.45, 2.75) is 33.3 Å². The van der Waals surface area contributed by atoms with Crippen LogP contribution >= 0.6 is 15.9 Å². The molecule has 0 heterocycles. The summed E-state index contributed by atoms with van der Waals surface area (Å²) in [6.07, 6.45) is 0. The molecule has 106 valence electrons. The first-order valence-corrected chi connectivity index (χ1v) is 6.79. The van der Waals surface area contributed by atoms with Crippen LogP contribution in [0, 0.1) is 11.2 Å². The van der Waals surface area contributed by atoms with E-state index in [2.05, 4.69) is 15.9 Å². The molecular weight excluding hydrogens is 315 g/mol. The van der Waals surface area contributed by atoms with Gasteiger partial charge in [-0.15, -0.1) is 0 Å². The van der Waals surface area contributed by atoms with Crippen LogP contribution in [0.2, 0.25) is 0 Å². The number of carbonyl (C=O) groups is 1. The molecule has 1 unspecified atom stereocenters. The number of hydrogen-bond acceptors (Lipinski definition) is 3. The molecule has 5 heteroatoms. The number of benzene rings is 1. The number of aliphatic hydroxyl groups is 1. The standard InChI is InChI=1S/C14H18BrFO3/c1-5-19-12(17)13(2,3)14(4,18)10-7-6-9(15)8-11(10)16/h6-8,18H,5H2,1-4H3. The Morgan fingerprint density at radius 3 is 2.47 bits per heavy atom. The average molecular weight is 333 g/mol. The van der Waals surface area contributed by atoms with Crippen molar-refractivity contribution >= 4 is 21.9 Å². The highest BCUT2D eigenvalue weighted by Crippen LogP contribution is 2.41. The van der Waals surface area contributed by atoms with Crippen molar-refractivity contribution in [3.8, 4) is 0 Å². The lowest BCUT2D eigenvalue weighted by molar-refractivity contribution is -0.170. The molecule has 0 amide bonds. The van der Waals surface area contributed by atoms with Crippen LogP contribution in [0.15, 0.2) is 22.7 Å². The van der Waals surface area contributed by atoms with E-state index in [4.69, 9.17) is 4.74 Å². The lowest BCUT2D eigenvalue weighted by atomic mass is 9.72. The first-order chi connectivity index (χ1) is 8.64. The zero-order valence-corrected chi connectivity index (χ0v) is 13.0. The predicted molar refractivity (Wildman–Crippen MR) is 74.1 cm³/mol. The minimum absolute atomic E-state index is 0.0637. The van der Waals surface area contributed by atoms with E-state index in [9.17, 15) is 14.3 Å². The average Bonchev–Trinajstić information content (AvgIpc) is 2.28. The Morgan fingerprint density at radius 2 is 2.00 bits per heavy atom. The van der Waals surface area contributed by atoms with Crippen molar-refractivity contribution < 1.29 is 19.0 Å². The summed E-state index contributed by atoms with van der Waals surface area (Å²) >= 11 is 3.15. The SMILES string of the molecule is CCOC(=O)C(C)(C)C(C)(O)c1ccc(Br)cc1F. The fraction of sp³-hybridized carbons (Fsp3) is 0.500. The highest BCUT2D eigenvalue weighted by atomic mass is 79.9. The van der Waals surface area contributed by atoms with Crippen LogP contribution in [-0.4, -0.2) is 17.7 Å². The van der Waals surface area contributed by atoms with Crippen molar-refractivity contribution in [2.75, 3.05) is 6.61 Å². The highest BCUT2D eigenvalue weighted by Gasteiger charge is 2.49. The van der Waals surface area contributed by atoms with Gasteiger partial charge in [0.1, 0.15) is 11.4 Å². The molecule has 0 aliphatic heterocycles. The second kappa shape index (κ2) is 5.59. The van der Waals surface area contributed by atoms with Crippen LogP contribution in [0.1, 0.15) is 33.3 Å². The second-order valence-corrected chi connectivity index (χ2v) is 5.96. The third-order valence-corrected chi connectivity index (χ3v) is 3.95. The molecule has 0 aromatic heterocycles. The van der Waals surface area contributed by atoms with E-state index in [0.717, 1.165) is 0 Å². The molecular formula is C14H18BrFO3. The molecule has 3 nitrogen and oxygen atoms in total. The third-order valence-electron chi connectivity index (χ3n) is 3.46. The lowest BCUT2D eigenvalue weighted by Crippen LogP contribution is -2.46. The van der Waals surface area contributed by atoms with Gasteiger partial charge in [0.2, 0.25) is 0 Å². The maximum Gasteiger partial charge on any atom is 0.314 e. The predicted octanol–water partition coefficient (Wildman–Crippen LogP) is 3.39. The molecule has 1 rings (SSSR count). The smallest absolute Gasteiger partial charge is 0.314 e. The van der Waals surface area contributed by atoms with E-state index in [1.54, 1.807) is 13.0 Å². The minimum Gasteiger partial charge on any atom is -0.465 e. The number of hydrogen-bond donors (Lipinski definition) is 1.